The fourth-order valence-electron chi connectivity index (χ4n) is 2.90. The second-order valence-electron chi connectivity index (χ2n) is 6.65. The van der Waals surface area contributed by atoms with Gasteiger partial charge in [-0.3, -0.25) is 5.84 Å². The van der Waals surface area contributed by atoms with E-state index in [1.807, 2.05) is 24.3 Å². The molecule has 2 aromatic rings. The molecular weight excluding hydrogens is 372 g/mol. The highest BCUT2D eigenvalue weighted by atomic mass is 32.2. The minimum absolute atomic E-state index is 0.108. The molecule has 0 fully saturated rings. The number of carbonyl (C=O) groups is 1. The van der Waals surface area contributed by atoms with Gasteiger partial charge in [0.2, 0.25) is 0 Å². The molecule has 6 nitrogen and oxygen atoms in total. The molecular formula is C21H28N4O2S. The number of nitrogens with one attached hydrogen (secondary N) is 1. The number of aliphatic carboxylic acids is 1. The lowest BCUT2D eigenvalue weighted by Crippen LogP contribution is -2.31. The number of benzene rings is 2. The highest BCUT2D eigenvalue weighted by Crippen LogP contribution is 2.29. The number of nitrogens with two attached hydrogens (primary N) is 2. The van der Waals surface area contributed by atoms with Gasteiger partial charge in [0.25, 0.3) is 0 Å². The van der Waals surface area contributed by atoms with Crippen LogP contribution in [0.3, 0.4) is 0 Å². The molecule has 0 aliphatic carbocycles. The van der Waals surface area contributed by atoms with Gasteiger partial charge < -0.3 is 21.2 Å². The van der Waals surface area contributed by atoms with E-state index in [-0.39, 0.29) is 10.7 Å². The van der Waals surface area contributed by atoms with Crippen molar-refractivity contribution in [3.05, 3.63) is 59.3 Å². The van der Waals surface area contributed by atoms with Crippen molar-refractivity contribution in [1.82, 2.24) is 5.43 Å². The lowest BCUT2D eigenvalue weighted by molar-refractivity contribution is -0.133. The van der Waals surface area contributed by atoms with E-state index in [4.69, 9.17) is 16.7 Å². The van der Waals surface area contributed by atoms with Crippen LogP contribution in [0.5, 0.6) is 0 Å². The smallest absolute Gasteiger partial charge is 0.356 e. The molecule has 0 radical (unpaired) electrons. The van der Waals surface area contributed by atoms with Crippen LogP contribution in [0.25, 0.3) is 11.1 Å². The van der Waals surface area contributed by atoms with Crippen LogP contribution in [-0.2, 0) is 4.79 Å². The van der Waals surface area contributed by atoms with Crippen LogP contribution in [-0.4, -0.2) is 23.7 Å². The normalized spacial score (nSPS) is 11.9. The Morgan fingerprint density at radius 1 is 1.11 bits per heavy atom. The number of anilines is 1. The Kier molecular flexibility index (Phi) is 7.78. The zero-order chi connectivity index (χ0) is 20.7. The Morgan fingerprint density at radius 2 is 1.64 bits per heavy atom. The van der Waals surface area contributed by atoms with Crippen molar-refractivity contribution < 1.29 is 9.90 Å². The number of carboxylic acid groups (broad SMARTS) is 1. The highest BCUT2D eigenvalue weighted by Gasteiger charge is 2.12. The van der Waals surface area contributed by atoms with Crippen molar-refractivity contribution in [2.24, 2.45) is 11.6 Å². The second-order valence-corrected chi connectivity index (χ2v) is 7.76. The number of hydrogen-bond donors (Lipinski definition) is 4. The number of rotatable bonds is 9. The van der Waals surface area contributed by atoms with Crippen LogP contribution in [0.4, 0.5) is 5.69 Å². The molecule has 0 unspecified atom stereocenters. The molecule has 0 bridgehead atoms. The topological polar surface area (TPSA) is 105 Å². The summed E-state index contributed by atoms with van der Waals surface area (Å²) in [6.45, 7) is 7.63. The van der Waals surface area contributed by atoms with Gasteiger partial charge in [-0.05, 0) is 55.7 Å². The Hall–Kier alpha value is -2.64. The minimum Gasteiger partial charge on any atom is -0.476 e. The van der Waals surface area contributed by atoms with E-state index in [1.165, 1.54) is 5.69 Å². The number of carboxylic acids is 1. The summed E-state index contributed by atoms with van der Waals surface area (Å²) in [5.74, 6) is 4.02. The Morgan fingerprint density at radius 3 is 2.07 bits per heavy atom. The molecule has 28 heavy (non-hydrogen) atoms. The summed E-state index contributed by atoms with van der Waals surface area (Å²) >= 11 is 1.15. The van der Waals surface area contributed by atoms with Crippen LogP contribution in [0.1, 0.15) is 27.2 Å². The van der Waals surface area contributed by atoms with Crippen molar-refractivity contribution in [2.45, 2.75) is 38.1 Å². The van der Waals surface area contributed by atoms with E-state index in [2.05, 4.69) is 55.4 Å². The van der Waals surface area contributed by atoms with Gasteiger partial charge in [0.05, 0.1) is 0 Å². The third kappa shape index (κ3) is 5.43. The Labute approximate surface area is 170 Å². The average molecular weight is 401 g/mol. The Balaban J connectivity index is 2.16. The number of thioether (sulfide) groups is 1. The zero-order valence-electron chi connectivity index (χ0n) is 16.5. The Bertz CT molecular complexity index is 817. The van der Waals surface area contributed by atoms with Crippen LogP contribution in [0.15, 0.2) is 64.2 Å². The van der Waals surface area contributed by atoms with Gasteiger partial charge in [0.1, 0.15) is 5.03 Å². The van der Waals surface area contributed by atoms with E-state index in [1.54, 1.807) is 0 Å². The van der Waals surface area contributed by atoms with Gasteiger partial charge in [-0.2, -0.15) is 0 Å². The first-order valence-corrected chi connectivity index (χ1v) is 10.0. The van der Waals surface area contributed by atoms with Gasteiger partial charge >= 0.3 is 5.97 Å². The van der Waals surface area contributed by atoms with E-state index in [0.29, 0.717) is 6.04 Å². The predicted octanol–water partition coefficient (Wildman–Crippen LogP) is 3.75. The number of hydrogen-bond acceptors (Lipinski definition) is 6. The van der Waals surface area contributed by atoms with E-state index in [0.717, 1.165) is 40.7 Å². The maximum absolute atomic E-state index is 11.1. The largest absolute Gasteiger partial charge is 0.476 e. The van der Waals surface area contributed by atoms with Gasteiger partial charge in [0, 0.05) is 23.2 Å². The van der Waals surface area contributed by atoms with Crippen molar-refractivity contribution >= 4 is 23.4 Å². The predicted molar refractivity (Wildman–Crippen MR) is 117 cm³/mol. The third-order valence-electron chi connectivity index (χ3n) is 4.31. The molecule has 0 saturated carbocycles. The molecule has 0 spiro atoms. The standard InChI is InChI=1S/C21H28N4O2S/c1-4-13-25(14(2)3)17-9-5-15(6-10-17)16-7-11-18(12-8-16)28-20(22)19(24-23)21(26)27/h5-12,14,24H,4,13,22-23H2,1-3H3,(H,26,27)/b20-19+. The molecule has 0 heterocycles. The van der Waals surface area contributed by atoms with Crippen LogP contribution >= 0.6 is 11.8 Å². The average Bonchev–Trinajstić information content (AvgIpc) is 2.67. The highest BCUT2D eigenvalue weighted by molar-refractivity contribution is 8.03. The van der Waals surface area contributed by atoms with Gasteiger partial charge in [-0.1, -0.05) is 43.0 Å². The molecule has 0 saturated heterocycles. The molecule has 6 N–H and O–H groups in total. The molecule has 0 aliphatic heterocycles. The van der Waals surface area contributed by atoms with E-state index in [9.17, 15) is 4.79 Å². The molecule has 0 aliphatic rings. The minimum atomic E-state index is -1.19. The van der Waals surface area contributed by atoms with Gasteiger partial charge in [-0.25, -0.2) is 4.79 Å². The maximum Gasteiger partial charge on any atom is 0.356 e. The van der Waals surface area contributed by atoms with Crippen LogP contribution < -0.4 is 21.9 Å². The van der Waals surface area contributed by atoms with E-state index >= 15 is 0 Å². The first-order valence-electron chi connectivity index (χ1n) is 9.22. The SMILES string of the molecule is CCCN(c1ccc(-c2ccc(S/C(N)=C(/NN)C(=O)O)cc2)cc1)C(C)C. The van der Waals surface area contributed by atoms with E-state index < -0.39 is 5.97 Å². The quantitative estimate of drug-likeness (QED) is 0.220. The summed E-state index contributed by atoms with van der Waals surface area (Å²) < 4.78 is 0. The molecule has 150 valence electrons. The molecule has 0 amide bonds. The fourth-order valence-corrected chi connectivity index (χ4v) is 3.68. The summed E-state index contributed by atoms with van der Waals surface area (Å²) in [5, 5.41) is 9.15. The first-order chi connectivity index (χ1) is 13.4. The lowest BCUT2D eigenvalue weighted by atomic mass is 10.0. The van der Waals surface area contributed by atoms with Crippen molar-refractivity contribution in [3.63, 3.8) is 0 Å². The van der Waals surface area contributed by atoms with Gasteiger partial charge in [-0.15, -0.1) is 0 Å². The van der Waals surface area contributed by atoms with Crippen molar-refractivity contribution in [1.29, 1.82) is 0 Å². The number of nitrogens with zero attached hydrogens (tertiary/aromatic N) is 1. The van der Waals surface area contributed by atoms with Crippen molar-refractivity contribution in [2.75, 3.05) is 11.4 Å². The third-order valence-corrected chi connectivity index (χ3v) is 5.24. The molecule has 7 heteroatoms. The second kappa shape index (κ2) is 10.1. The maximum atomic E-state index is 11.1. The van der Waals surface area contributed by atoms with Gasteiger partial charge in [0.15, 0.2) is 5.70 Å². The molecule has 2 aromatic carbocycles. The fraction of sp³-hybridized carbons (Fsp3) is 0.286. The zero-order valence-corrected chi connectivity index (χ0v) is 17.3. The van der Waals surface area contributed by atoms with Crippen LogP contribution in [0, 0.1) is 0 Å². The summed E-state index contributed by atoms with van der Waals surface area (Å²) in [6.07, 6.45) is 1.11. The monoisotopic (exact) mass is 400 g/mol. The summed E-state index contributed by atoms with van der Waals surface area (Å²) in [6, 6.07) is 16.8. The molecule has 0 aromatic heterocycles. The summed E-state index contributed by atoms with van der Waals surface area (Å²) in [4.78, 5) is 14.3. The summed E-state index contributed by atoms with van der Waals surface area (Å²) in [7, 11) is 0. The first kappa shape index (κ1) is 21.7. The lowest BCUT2D eigenvalue weighted by Gasteiger charge is -2.28. The summed E-state index contributed by atoms with van der Waals surface area (Å²) in [5.41, 5.74) is 11.2. The number of hydrazine groups is 1. The molecule has 0 atom stereocenters. The van der Waals surface area contributed by atoms with Crippen LogP contribution in [0.2, 0.25) is 0 Å². The van der Waals surface area contributed by atoms with Crippen molar-refractivity contribution in [3.8, 4) is 11.1 Å². The molecule has 2 rings (SSSR count).